The van der Waals surface area contributed by atoms with E-state index in [1.165, 1.54) is 23.5 Å². The van der Waals surface area contributed by atoms with Gasteiger partial charge < -0.3 is 15.2 Å². The van der Waals surface area contributed by atoms with E-state index in [9.17, 15) is 13.2 Å². The zero-order valence-electron chi connectivity index (χ0n) is 17.6. The van der Waals surface area contributed by atoms with Gasteiger partial charge in [0, 0.05) is 36.0 Å². The third kappa shape index (κ3) is 5.50. The topological polar surface area (TPSA) is 98.9 Å². The number of ether oxygens (including phenoxy) is 2. The summed E-state index contributed by atoms with van der Waals surface area (Å²) in [5.41, 5.74) is 5.68. The Balaban J connectivity index is 1.84. The van der Waals surface area contributed by atoms with E-state index in [1.807, 2.05) is 13.0 Å². The van der Waals surface area contributed by atoms with Gasteiger partial charge in [0.1, 0.15) is 11.5 Å². The van der Waals surface area contributed by atoms with Crippen molar-refractivity contribution in [1.82, 2.24) is 4.31 Å². The van der Waals surface area contributed by atoms with Gasteiger partial charge >= 0.3 is 0 Å². The quantitative estimate of drug-likeness (QED) is 0.642. The van der Waals surface area contributed by atoms with Crippen LogP contribution in [0.15, 0.2) is 47.4 Å². The van der Waals surface area contributed by atoms with Gasteiger partial charge in [0.2, 0.25) is 15.9 Å². The smallest absolute Gasteiger partial charge is 0.243 e. The number of carbonyl (C=O) groups excluding carboxylic acids is 1. The second kappa shape index (κ2) is 9.46. The molecule has 9 heteroatoms. The number of halogens is 1. The second-order valence-corrected chi connectivity index (χ2v) is 10.3. The standard InChI is InChI=1S/C22H27ClN2O5S/c1-16-11-18(7-8-20(16)23)30-15-22(13-21(24)26)9-4-10-25(14-22)31(27,28)19-6-3-5-17(12-19)29-2/h3,5-8,11-12H,4,9-10,13-15H2,1-2H3,(H2,24,26). The molecule has 1 aliphatic rings. The molecule has 0 spiro atoms. The summed E-state index contributed by atoms with van der Waals surface area (Å²) in [4.78, 5) is 12.0. The molecular formula is C22H27ClN2O5S. The third-order valence-electron chi connectivity index (χ3n) is 5.53. The summed E-state index contributed by atoms with van der Waals surface area (Å²) in [5, 5.41) is 0.632. The Hall–Kier alpha value is -2.29. The lowest BCUT2D eigenvalue weighted by Gasteiger charge is -2.41. The van der Waals surface area contributed by atoms with Gasteiger partial charge in [-0.2, -0.15) is 4.31 Å². The maximum Gasteiger partial charge on any atom is 0.243 e. The molecule has 0 saturated carbocycles. The van der Waals surface area contributed by atoms with E-state index in [4.69, 9.17) is 26.8 Å². The number of amides is 1. The van der Waals surface area contributed by atoms with Crippen molar-refractivity contribution in [2.75, 3.05) is 26.8 Å². The van der Waals surface area contributed by atoms with Crippen LogP contribution in [-0.4, -0.2) is 45.4 Å². The first-order chi connectivity index (χ1) is 14.6. The van der Waals surface area contributed by atoms with Gasteiger partial charge in [-0.25, -0.2) is 8.42 Å². The molecule has 1 heterocycles. The van der Waals surface area contributed by atoms with E-state index >= 15 is 0 Å². The number of sulfonamides is 1. The molecule has 0 aromatic heterocycles. The molecule has 2 aromatic carbocycles. The minimum Gasteiger partial charge on any atom is -0.497 e. The van der Waals surface area contributed by atoms with Crippen LogP contribution in [0, 0.1) is 12.3 Å². The summed E-state index contributed by atoms with van der Waals surface area (Å²) < 4.78 is 39.1. The fraction of sp³-hybridized carbons (Fsp3) is 0.409. The summed E-state index contributed by atoms with van der Waals surface area (Å²) in [6, 6.07) is 11.7. The van der Waals surface area contributed by atoms with Crippen molar-refractivity contribution in [3.63, 3.8) is 0 Å². The van der Waals surface area contributed by atoms with E-state index in [2.05, 4.69) is 0 Å². The van der Waals surface area contributed by atoms with Crippen LogP contribution in [0.3, 0.4) is 0 Å². The van der Waals surface area contributed by atoms with E-state index in [1.54, 1.807) is 24.3 Å². The molecule has 1 unspecified atom stereocenters. The molecule has 0 bridgehead atoms. The van der Waals surface area contributed by atoms with Gasteiger partial charge in [-0.15, -0.1) is 0 Å². The summed E-state index contributed by atoms with van der Waals surface area (Å²) in [6.45, 7) is 2.54. The Bertz CT molecular complexity index is 1060. The van der Waals surface area contributed by atoms with Crippen molar-refractivity contribution in [3.05, 3.63) is 53.1 Å². The molecule has 1 amide bonds. The lowest BCUT2D eigenvalue weighted by molar-refractivity contribution is -0.121. The monoisotopic (exact) mass is 466 g/mol. The number of aryl methyl sites for hydroxylation is 1. The van der Waals surface area contributed by atoms with Crippen molar-refractivity contribution < 1.29 is 22.7 Å². The number of carbonyl (C=O) groups is 1. The molecule has 2 aromatic rings. The summed E-state index contributed by atoms with van der Waals surface area (Å²) in [7, 11) is -2.28. The largest absolute Gasteiger partial charge is 0.497 e. The summed E-state index contributed by atoms with van der Waals surface area (Å²) >= 11 is 6.08. The van der Waals surface area contributed by atoms with Gasteiger partial charge in [0.15, 0.2) is 0 Å². The Kier molecular flexibility index (Phi) is 7.13. The van der Waals surface area contributed by atoms with E-state index in [0.29, 0.717) is 35.9 Å². The van der Waals surface area contributed by atoms with E-state index < -0.39 is 21.3 Å². The zero-order valence-corrected chi connectivity index (χ0v) is 19.2. The van der Waals surface area contributed by atoms with Crippen LogP contribution in [0.5, 0.6) is 11.5 Å². The molecule has 1 saturated heterocycles. The van der Waals surface area contributed by atoms with Gasteiger partial charge in [0.25, 0.3) is 0 Å². The number of benzene rings is 2. The van der Waals surface area contributed by atoms with Gasteiger partial charge in [-0.1, -0.05) is 17.7 Å². The molecule has 1 fully saturated rings. The molecule has 1 aliphatic heterocycles. The average Bonchev–Trinajstić information content (AvgIpc) is 2.74. The van der Waals surface area contributed by atoms with Crippen LogP contribution in [-0.2, 0) is 14.8 Å². The van der Waals surface area contributed by atoms with Crippen LogP contribution in [0.4, 0.5) is 0 Å². The zero-order chi connectivity index (χ0) is 22.6. The minimum absolute atomic E-state index is 0.0315. The minimum atomic E-state index is -3.77. The average molecular weight is 467 g/mol. The molecule has 168 valence electrons. The van der Waals surface area contributed by atoms with Crippen molar-refractivity contribution in [2.24, 2.45) is 11.1 Å². The third-order valence-corrected chi connectivity index (χ3v) is 7.79. The fourth-order valence-corrected chi connectivity index (χ4v) is 5.65. The van der Waals surface area contributed by atoms with Gasteiger partial charge in [0.05, 0.1) is 18.6 Å². The highest BCUT2D eigenvalue weighted by Crippen LogP contribution is 2.37. The van der Waals surface area contributed by atoms with E-state index in [-0.39, 0.29) is 24.5 Å². The molecule has 7 nitrogen and oxygen atoms in total. The Labute approximate surface area is 188 Å². The number of hydrogen-bond donors (Lipinski definition) is 1. The number of rotatable bonds is 8. The number of methoxy groups -OCH3 is 1. The predicted octanol–water partition coefficient (Wildman–Crippen LogP) is 3.38. The number of hydrogen-bond acceptors (Lipinski definition) is 5. The first-order valence-corrected chi connectivity index (χ1v) is 11.8. The second-order valence-electron chi connectivity index (χ2n) is 7.96. The molecule has 3 rings (SSSR count). The summed E-state index contributed by atoms with van der Waals surface area (Å²) in [6.07, 6.45) is 1.26. The number of piperidine rings is 1. The molecule has 1 atom stereocenters. The number of primary amides is 1. The number of nitrogens with zero attached hydrogens (tertiary/aromatic N) is 1. The van der Waals surface area contributed by atoms with Crippen LogP contribution in [0.1, 0.15) is 24.8 Å². The van der Waals surface area contributed by atoms with E-state index in [0.717, 1.165) is 5.56 Å². The Morgan fingerprint density at radius 1 is 1.23 bits per heavy atom. The van der Waals surface area contributed by atoms with Gasteiger partial charge in [-0.3, -0.25) is 4.79 Å². The molecular weight excluding hydrogens is 440 g/mol. The SMILES string of the molecule is COc1cccc(S(=O)(=O)N2CCCC(COc3ccc(Cl)c(C)c3)(CC(N)=O)C2)c1. The Morgan fingerprint density at radius 2 is 2.00 bits per heavy atom. The lowest BCUT2D eigenvalue weighted by atomic mass is 9.78. The van der Waals surface area contributed by atoms with Crippen LogP contribution >= 0.6 is 11.6 Å². The molecule has 31 heavy (non-hydrogen) atoms. The fourth-order valence-electron chi connectivity index (χ4n) is 3.90. The Morgan fingerprint density at radius 3 is 2.68 bits per heavy atom. The lowest BCUT2D eigenvalue weighted by Crippen LogP contribution is -2.50. The maximum atomic E-state index is 13.3. The first-order valence-electron chi connectivity index (χ1n) is 9.97. The highest BCUT2D eigenvalue weighted by Gasteiger charge is 2.42. The molecule has 0 radical (unpaired) electrons. The first kappa shape index (κ1) is 23.4. The number of nitrogens with two attached hydrogens (primary N) is 1. The van der Waals surface area contributed by atoms with Crippen LogP contribution < -0.4 is 15.2 Å². The van der Waals surface area contributed by atoms with Crippen LogP contribution in [0.25, 0.3) is 0 Å². The van der Waals surface area contributed by atoms with Gasteiger partial charge in [-0.05, 0) is 55.7 Å². The van der Waals surface area contributed by atoms with Crippen molar-refractivity contribution in [3.8, 4) is 11.5 Å². The molecule has 2 N–H and O–H groups in total. The van der Waals surface area contributed by atoms with Crippen molar-refractivity contribution in [1.29, 1.82) is 0 Å². The maximum absolute atomic E-state index is 13.3. The predicted molar refractivity (Wildman–Crippen MR) is 119 cm³/mol. The highest BCUT2D eigenvalue weighted by molar-refractivity contribution is 7.89. The van der Waals surface area contributed by atoms with Crippen LogP contribution in [0.2, 0.25) is 5.02 Å². The van der Waals surface area contributed by atoms with Crippen molar-refractivity contribution in [2.45, 2.75) is 31.1 Å². The highest BCUT2D eigenvalue weighted by atomic mass is 35.5. The molecule has 0 aliphatic carbocycles. The normalized spacial score (nSPS) is 19.7. The van der Waals surface area contributed by atoms with Crippen molar-refractivity contribution >= 4 is 27.5 Å². The summed E-state index contributed by atoms with van der Waals surface area (Å²) in [5.74, 6) is 0.581.